The number of carbonyl (C=O) groups excluding carboxylic acids is 1. The maximum atomic E-state index is 10.3. The van der Waals surface area contributed by atoms with Crippen molar-refractivity contribution in [2.45, 2.75) is 45.4 Å². The normalized spacial score (nSPS) is 11.5. The minimum atomic E-state index is -0.364. The maximum absolute atomic E-state index is 10.3. The molecule has 0 bridgehead atoms. The lowest BCUT2D eigenvalue weighted by molar-refractivity contribution is -0.113. The monoisotopic (exact) mass is 195 g/mol. The van der Waals surface area contributed by atoms with Gasteiger partial charge in [0.15, 0.2) is 0 Å². The molecule has 0 aromatic heterocycles. The molecule has 0 spiro atoms. The molecule has 0 aliphatic rings. The second kappa shape index (κ2) is 10.0. The van der Waals surface area contributed by atoms with Crippen LogP contribution in [0.3, 0.4) is 0 Å². The Kier molecular flexibility index (Phi) is 9.28. The fraction of sp³-hybridized carbons (Fsp3) is 0.583. The Morgan fingerprint density at radius 3 is 2.36 bits per heavy atom. The van der Waals surface area contributed by atoms with Crippen molar-refractivity contribution in [2.24, 2.45) is 5.73 Å². The number of carbonyl (C=O) groups is 1. The van der Waals surface area contributed by atoms with E-state index in [2.05, 4.69) is 19.1 Å². The van der Waals surface area contributed by atoms with Crippen LogP contribution < -0.4 is 5.73 Å². The highest BCUT2D eigenvalue weighted by Crippen LogP contribution is 2.01. The minimum absolute atomic E-state index is 0.364. The average molecular weight is 195 g/mol. The molecule has 1 amide bonds. The van der Waals surface area contributed by atoms with Gasteiger partial charge in [0.2, 0.25) is 5.91 Å². The Morgan fingerprint density at radius 1 is 1.07 bits per heavy atom. The van der Waals surface area contributed by atoms with Crippen LogP contribution in [0.5, 0.6) is 0 Å². The highest BCUT2D eigenvalue weighted by atomic mass is 16.1. The third kappa shape index (κ3) is 11.0. The molecule has 0 aliphatic heterocycles. The molecule has 0 radical (unpaired) electrons. The van der Waals surface area contributed by atoms with Crippen LogP contribution in [-0.4, -0.2) is 5.91 Å². The second-order valence-corrected chi connectivity index (χ2v) is 3.35. The first-order valence-corrected chi connectivity index (χ1v) is 5.38. The van der Waals surface area contributed by atoms with Gasteiger partial charge >= 0.3 is 0 Å². The van der Waals surface area contributed by atoms with Gasteiger partial charge < -0.3 is 5.73 Å². The number of primary amides is 1. The molecule has 2 N–H and O–H groups in total. The fourth-order valence-electron chi connectivity index (χ4n) is 1.14. The van der Waals surface area contributed by atoms with Crippen molar-refractivity contribution in [1.82, 2.24) is 0 Å². The topological polar surface area (TPSA) is 43.1 Å². The third-order valence-electron chi connectivity index (χ3n) is 1.92. The standard InChI is InChI=1S/C12H21NO/c1-2-3-4-5-6-7-8-9-10-11-12(13)14/h6-7,10-11H,2-5,8-9H2,1H3,(H2,13,14)/b7-6+,11-10+. The van der Waals surface area contributed by atoms with Crippen molar-refractivity contribution < 1.29 is 4.79 Å². The van der Waals surface area contributed by atoms with E-state index in [4.69, 9.17) is 5.73 Å². The quantitative estimate of drug-likeness (QED) is 0.361. The lowest BCUT2D eigenvalue weighted by Gasteiger charge is -1.91. The summed E-state index contributed by atoms with van der Waals surface area (Å²) in [5.41, 5.74) is 4.94. The summed E-state index contributed by atoms with van der Waals surface area (Å²) in [5, 5.41) is 0. The van der Waals surface area contributed by atoms with E-state index in [0.717, 1.165) is 12.8 Å². The van der Waals surface area contributed by atoms with Crippen LogP contribution in [0.15, 0.2) is 24.3 Å². The van der Waals surface area contributed by atoms with Gasteiger partial charge in [0.25, 0.3) is 0 Å². The second-order valence-electron chi connectivity index (χ2n) is 3.35. The maximum Gasteiger partial charge on any atom is 0.241 e. The van der Waals surface area contributed by atoms with Gasteiger partial charge in [0, 0.05) is 0 Å². The van der Waals surface area contributed by atoms with Gasteiger partial charge in [-0.05, 0) is 31.8 Å². The van der Waals surface area contributed by atoms with Gasteiger partial charge in [0.1, 0.15) is 0 Å². The summed E-state index contributed by atoms with van der Waals surface area (Å²) in [7, 11) is 0. The lowest BCUT2D eigenvalue weighted by Crippen LogP contribution is -2.05. The van der Waals surface area contributed by atoms with Gasteiger partial charge in [-0.2, -0.15) is 0 Å². The molecule has 0 aromatic carbocycles. The van der Waals surface area contributed by atoms with E-state index in [-0.39, 0.29) is 5.91 Å². The zero-order valence-corrected chi connectivity index (χ0v) is 9.04. The Morgan fingerprint density at radius 2 is 1.71 bits per heavy atom. The van der Waals surface area contributed by atoms with Crippen LogP contribution in [0.1, 0.15) is 45.4 Å². The summed E-state index contributed by atoms with van der Waals surface area (Å²) in [5.74, 6) is -0.364. The van der Waals surface area contributed by atoms with Crippen LogP contribution in [0.25, 0.3) is 0 Å². The lowest BCUT2D eigenvalue weighted by atomic mass is 10.2. The Hall–Kier alpha value is -1.05. The first-order valence-electron chi connectivity index (χ1n) is 5.38. The van der Waals surface area contributed by atoms with E-state index in [1.54, 1.807) is 0 Å². The van der Waals surface area contributed by atoms with Crippen LogP contribution in [0.4, 0.5) is 0 Å². The van der Waals surface area contributed by atoms with Crippen molar-refractivity contribution in [3.63, 3.8) is 0 Å². The van der Waals surface area contributed by atoms with E-state index < -0.39 is 0 Å². The van der Waals surface area contributed by atoms with Gasteiger partial charge in [-0.25, -0.2) is 0 Å². The van der Waals surface area contributed by atoms with E-state index in [0.29, 0.717) is 0 Å². The number of allylic oxidation sites excluding steroid dienone is 3. The van der Waals surface area contributed by atoms with E-state index in [9.17, 15) is 4.79 Å². The number of hydrogen-bond acceptors (Lipinski definition) is 1. The Labute approximate surface area is 86.9 Å². The molecular weight excluding hydrogens is 174 g/mol. The SMILES string of the molecule is CCCCC/C=C/CC/C=C/C(N)=O. The van der Waals surface area contributed by atoms with E-state index in [1.165, 1.54) is 31.8 Å². The molecule has 0 aromatic rings. The summed E-state index contributed by atoms with van der Waals surface area (Å²) in [6.45, 7) is 2.21. The molecule has 0 rings (SSSR count). The van der Waals surface area contributed by atoms with Crippen LogP contribution >= 0.6 is 0 Å². The largest absolute Gasteiger partial charge is 0.366 e. The summed E-state index contributed by atoms with van der Waals surface area (Å²) in [4.78, 5) is 10.3. The Balaban J connectivity index is 3.22. The molecule has 0 saturated carbocycles. The summed E-state index contributed by atoms with van der Waals surface area (Å²) in [6.07, 6.45) is 14.6. The molecule has 14 heavy (non-hydrogen) atoms. The molecule has 0 aliphatic carbocycles. The highest BCUT2D eigenvalue weighted by Gasteiger charge is 1.83. The summed E-state index contributed by atoms with van der Waals surface area (Å²) < 4.78 is 0. The van der Waals surface area contributed by atoms with E-state index >= 15 is 0 Å². The van der Waals surface area contributed by atoms with Crippen molar-refractivity contribution in [3.8, 4) is 0 Å². The first-order chi connectivity index (χ1) is 6.77. The van der Waals surface area contributed by atoms with Crippen molar-refractivity contribution in [1.29, 1.82) is 0 Å². The van der Waals surface area contributed by atoms with Gasteiger partial charge in [-0.3, -0.25) is 4.79 Å². The van der Waals surface area contributed by atoms with Gasteiger partial charge in [-0.1, -0.05) is 38.0 Å². The highest BCUT2D eigenvalue weighted by molar-refractivity contribution is 5.85. The smallest absolute Gasteiger partial charge is 0.241 e. The molecule has 2 nitrogen and oxygen atoms in total. The molecule has 0 heterocycles. The molecule has 0 saturated heterocycles. The number of unbranched alkanes of at least 4 members (excludes halogenated alkanes) is 4. The van der Waals surface area contributed by atoms with Crippen molar-refractivity contribution in [3.05, 3.63) is 24.3 Å². The summed E-state index contributed by atoms with van der Waals surface area (Å²) >= 11 is 0. The molecule has 0 unspecified atom stereocenters. The first kappa shape index (κ1) is 12.9. The molecule has 80 valence electrons. The zero-order valence-electron chi connectivity index (χ0n) is 9.04. The number of nitrogens with two attached hydrogens (primary N) is 1. The summed E-state index contributed by atoms with van der Waals surface area (Å²) in [6, 6.07) is 0. The van der Waals surface area contributed by atoms with Gasteiger partial charge in [0.05, 0.1) is 0 Å². The number of hydrogen-bond donors (Lipinski definition) is 1. The average Bonchev–Trinajstić information content (AvgIpc) is 2.15. The van der Waals surface area contributed by atoms with Gasteiger partial charge in [-0.15, -0.1) is 0 Å². The minimum Gasteiger partial charge on any atom is -0.366 e. The van der Waals surface area contributed by atoms with E-state index in [1.807, 2.05) is 6.08 Å². The zero-order chi connectivity index (χ0) is 10.6. The number of rotatable bonds is 8. The van der Waals surface area contributed by atoms with Crippen LogP contribution in [0, 0.1) is 0 Å². The van der Waals surface area contributed by atoms with Crippen LogP contribution in [0.2, 0.25) is 0 Å². The third-order valence-corrected chi connectivity index (χ3v) is 1.92. The van der Waals surface area contributed by atoms with Crippen molar-refractivity contribution >= 4 is 5.91 Å². The predicted octanol–water partition coefficient (Wildman–Crippen LogP) is 2.94. The Bertz CT molecular complexity index is 194. The molecule has 2 heteroatoms. The predicted molar refractivity (Wildman–Crippen MR) is 60.9 cm³/mol. The molecule has 0 fully saturated rings. The fourth-order valence-corrected chi connectivity index (χ4v) is 1.14. The van der Waals surface area contributed by atoms with Crippen molar-refractivity contribution in [2.75, 3.05) is 0 Å². The molecule has 0 atom stereocenters. The number of amides is 1. The molecular formula is C12H21NO. The van der Waals surface area contributed by atoms with Crippen LogP contribution in [-0.2, 0) is 4.79 Å².